The summed E-state index contributed by atoms with van der Waals surface area (Å²) >= 11 is 0. The van der Waals surface area contributed by atoms with Crippen molar-refractivity contribution in [3.05, 3.63) is 17.8 Å². The van der Waals surface area contributed by atoms with Gasteiger partial charge in [-0.3, -0.25) is 0 Å². The van der Waals surface area contributed by atoms with E-state index < -0.39 is 5.97 Å². The lowest BCUT2D eigenvalue weighted by Crippen LogP contribution is -2.26. The van der Waals surface area contributed by atoms with E-state index in [-0.39, 0.29) is 11.8 Å². The summed E-state index contributed by atoms with van der Waals surface area (Å²) < 4.78 is 5.11. The van der Waals surface area contributed by atoms with Crippen LogP contribution in [0, 0.1) is 0 Å². The van der Waals surface area contributed by atoms with Gasteiger partial charge in [0, 0.05) is 0 Å². The van der Waals surface area contributed by atoms with Crippen molar-refractivity contribution in [1.82, 2.24) is 10.3 Å². The topological polar surface area (TPSA) is 75.4 Å². The molecule has 0 saturated carbocycles. The summed E-state index contributed by atoms with van der Waals surface area (Å²) in [6.07, 6.45) is 4.50. The highest BCUT2D eigenvalue weighted by molar-refractivity contribution is 5.83. The molecule has 1 aliphatic rings. The zero-order valence-electron chi connectivity index (χ0n) is 7.69. The van der Waals surface area contributed by atoms with E-state index in [9.17, 15) is 4.79 Å². The molecular weight excluding hydrogens is 184 g/mol. The molecule has 1 aromatic heterocycles. The first kappa shape index (κ1) is 9.21. The Morgan fingerprint density at radius 3 is 3.07 bits per heavy atom. The van der Waals surface area contributed by atoms with Gasteiger partial charge in [-0.05, 0) is 19.4 Å². The summed E-state index contributed by atoms with van der Waals surface area (Å²) in [5.41, 5.74) is 0. The fraction of sp³-hybridized carbons (Fsp3) is 0.556. The molecular formula is C9H12N2O3. The summed E-state index contributed by atoms with van der Waals surface area (Å²) in [6.45, 7) is 0.940. The van der Waals surface area contributed by atoms with Gasteiger partial charge in [-0.15, -0.1) is 0 Å². The number of nitrogens with zero attached hydrogens (tertiary/aromatic N) is 1. The van der Waals surface area contributed by atoms with E-state index in [4.69, 9.17) is 9.52 Å². The number of aromatic nitrogens is 1. The van der Waals surface area contributed by atoms with Gasteiger partial charge in [0.15, 0.2) is 0 Å². The summed E-state index contributed by atoms with van der Waals surface area (Å²) in [4.78, 5) is 14.5. The number of aromatic carboxylic acids is 1. The van der Waals surface area contributed by atoms with E-state index in [0.29, 0.717) is 5.89 Å². The number of nitrogens with one attached hydrogen (secondary N) is 1. The average molecular weight is 196 g/mol. The molecule has 0 aromatic carbocycles. The lowest BCUT2D eigenvalue weighted by Gasteiger charge is -2.20. The minimum Gasteiger partial charge on any atom is -0.475 e. The summed E-state index contributed by atoms with van der Waals surface area (Å²) in [5.74, 6) is -0.672. The van der Waals surface area contributed by atoms with Crippen molar-refractivity contribution in [3.8, 4) is 0 Å². The molecule has 0 aliphatic carbocycles. The first-order chi connectivity index (χ1) is 6.77. The van der Waals surface area contributed by atoms with Crippen LogP contribution >= 0.6 is 0 Å². The van der Waals surface area contributed by atoms with Crippen LogP contribution in [0.5, 0.6) is 0 Å². The summed E-state index contributed by atoms with van der Waals surface area (Å²) in [6, 6.07) is 0.0804. The Hall–Kier alpha value is -1.36. The maximum Gasteiger partial charge on any atom is 0.373 e. The van der Waals surface area contributed by atoms with Gasteiger partial charge in [-0.2, -0.15) is 0 Å². The van der Waals surface area contributed by atoms with Crippen LogP contribution in [0.4, 0.5) is 0 Å². The molecule has 76 valence electrons. The highest BCUT2D eigenvalue weighted by atomic mass is 16.4. The molecule has 1 aliphatic heterocycles. The molecule has 5 nitrogen and oxygen atoms in total. The van der Waals surface area contributed by atoms with Gasteiger partial charge < -0.3 is 14.8 Å². The fourth-order valence-corrected chi connectivity index (χ4v) is 1.61. The lowest BCUT2D eigenvalue weighted by atomic mass is 10.1. The van der Waals surface area contributed by atoms with E-state index in [0.717, 1.165) is 25.8 Å². The number of hydrogen-bond donors (Lipinski definition) is 2. The number of oxazole rings is 1. The Kier molecular flexibility index (Phi) is 2.49. The second kappa shape index (κ2) is 3.79. The third-order valence-electron chi connectivity index (χ3n) is 2.34. The molecule has 0 spiro atoms. The van der Waals surface area contributed by atoms with Gasteiger partial charge in [-0.25, -0.2) is 9.78 Å². The van der Waals surface area contributed by atoms with Crippen molar-refractivity contribution in [2.45, 2.75) is 25.3 Å². The highest BCUT2D eigenvalue weighted by Gasteiger charge is 2.21. The third kappa shape index (κ3) is 1.77. The van der Waals surface area contributed by atoms with Crippen molar-refractivity contribution >= 4 is 5.97 Å². The number of piperidine rings is 1. The van der Waals surface area contributed by atoms with Gasteiger partial charge in [0.1, 0.15) is 0 Å². The van der Waals surface area contributed by atoms with E-state index in [1.165, 1.54) is 6.20 Å². The molecule has 1 fully saturated rings. The molecule has 2 rings (SSSR count). The molecule has 1 atom stereocenters. The summed E-state index contributed by atoms with van der Waals surface area (Å²) in [5, 5.41) is 11.9. The van der Waals surface area contributed by atoms with Crippen LogP contribution in [0.15, 0.2) is 10.6 Å². The molecule has 1 unspecified atom stereocenters. The van der Waals surface area contributed by atoms with Gasteiger partial charge in [0.2, 0.25) is 11.7 Å². The number of carboxylic acids is 1. The Labute approximate surface area is 81.1 Å². The molecule has 1 saturated heterocycles. The molecule has 2 heterocycles. The highest BCUT2D eigenvalue weighted by Crippen LogP contribution is 2.22. The van der Waals surface area contributed by atoms with E-state index in [2.05, 4.69) is 10.3 Å². The van der Waals surface area contributed by atoms with Crippen LogP contribution in [0.25, 0.3) is 0 Å². The molecule has 0 bridgehead atoms. The molecule has 1 aromatic rings. The Morgan fingerprint density at radius 1 is 1.64 bits per heavy atom. The maximum atomic E-state index is 10.5. The second-order valence-corrected chi connectivity index (χ2v) is 3.37. The standard InChI is InChI=1S/C9H12N2O3/c12-9(13)7-5-11-8(14-7)6-3-1-2-4-10-6/h5-6,10H,1-4H2,(H,12,13). The van der Waals surface area contributed by atoms with Gasteiger partial charge in [0.05, 0.1) is 12.2 Å². The predicted octanol–water partition coefficient (Wildman–Crippen LogP) is 1.19. The zero-order valence-corrected chi connectivity index (χ0v) is 7.69. The fourth-order valence-electron chi connectivity index (χ4n) is 1.61. The van der Waals surface area contributed by atoms with Gasteiger partial charge in [0.25, 0.3) is 0 Å². The smallest absolute Gasteiger partial charge is 0.373 e. The van der Waals surface area contributed by atoms with Crippen molar-refractivity contribution < 1.29 is 14.3 Å². The predicted molar refractivity (Wildman–Crippen MR) is 48.1 cm³/mol. The van der Waals surface area contributed by atoms with Crippen LogP contribution in [0.1, 0.15) is 41.7 Å². The monoisotopic (exact) mass is 196 g/mol. The Balaban J connectivity index is 2.11. The van der Waals surface area contributed by atoms with E-state index in [1.54, 1.807) is 0 Å². The summed E-state index contributed by atoms with van der Waals surface area (Å²) in [7, 11) is 0. The van der Waals surface area contributed by atoms with Gasteiger partial charge in [-0.1, -0.05) is 6.42 Å². The van der Waals surface area contributed by atoms with E-state index >= 15 is 0 Å². The van der Waals surface area contributed by atoms with Crippen molar-refractivity contribution in [1.29, 1.82) is 0 Å². The third-order valence-corrected chi connectivity index (χ3v) is 2.34. The molecule has 0 radical (unpaired) electrons. The second-order valence-electron chi connectivity index (χ2n) is 3.37. The maximum absolute atomic E-state index is 10.5. The minimum absolute atomic E-state index is 0.0804. The SMILES string of the molecule is O=C(O)c1cnc(C2CCCCN2)o1. The van der Waals surface area contributed by atoms with Crippen LogP contribution in [-0.2, 0) is 0 Å². The largest absolute Gasteiger partial charge is 0.475 e. The van der Waals surface area contributed by atoms with Gasteiger partial charge >= 0.3 is 5.97 Å². The molecule has 14 heavy (non-hydrogen) atoms. The van der Waals surface area contributed by atoms with E-state index in [1.807, 2.05) is 0 Å². The lowest BCUT2D eigenvalue weighted by molar-refractivity contribution is 0.0658. The first-order valence-corrected chi connectivity index (χ1v) is 4.70. The molecule has 0 amide bonds. The van der Waals surface area contributed by atoms with Crippen LogP contribution < -0.4 is 5.32 Å². The number of carbonyl (C=O) groups is 1. The van der Waals surface area contributed by atoms with Crippen LogP contribution in [0.2, 0.25) is 0 Å². The minimum atomic E-state index is -1.07. The number of rotatable bonds is 2. The normalized spacial score (nSPS) is 22.1. The van der Waals surface area contributed by atoms with Crippen molar-refractivity contribution in [2.75, 3.05) is 6.54 Å². The zero-order chi connectivity index (χ0) is 9.97. The van der Waals surface area contributed by atoms with Crippen molar-refractivity contribution in [2.24, 2.45) is 0 Å². The average Bonchev–Trinajstić information content (AvgIpc) is 2.68. The van der Waals surface area contributed by atoms with Crippen LogP contribution in [-0.4, -0.2) is 22.6 Å². The first-order valence-electron chi connectivity index (χ1n) is 4.70. The number of hydrogen-bond acceptors (Lipinski definition) is 4. The quantitative estimate of drug-likeness (QED) is 0.743. The Bertz CT molecular complexity index is 329. The number of carboxylic acid groups (broad SMARTS) is 1. The van der Waals surface area contributed by atoms with Crippen molar-refractivity contribution in [3.63, 3.8) is 0 Å². The molecule has 5 heteroatoms. The van der Waals surface area contributed by atoms with Crippen LogP contribution in [0.3, 0.4) is 0 Å². The Morgan fingerprint density at radius 2 is 2.50 bits per heavy atom. The molecule has 2 N–H and O–H groups in total.